The second-order valence-electron chi connectivity index (χ2n) is 6.49. The summed E-state index contributed by atoms with van der Waals surface area (Å²) in [7, 11) is -3.50. The number of carboxylic acid groups (broad SMARTS) is 1. The van der Waals surface area contributed by atoms with E-state index in [0.717, 1.165) is 30.6 Å². The van der Waals surface area contributed by atoms with Crippen molar-refractivity contribution < 1.29 is 23.1 Å². The van der Waals surface area contributed by atoms with Gasteiger partial charge < -0.3 is 10.4 Å². The van der Waals surface area contributed by atoms with Gasteiger partial charge in [-0.05, 0) is 30.9 Å². The predicted octanol–water partition coefficient (Wildman–Crippen LogP) is 1.69. The van der Waals surface area contributed by atoms with Crippen LogP contribution in [0.1, 0.15) is 38.0 Å². The van der Waals surface area contributed by atoms with Crippen LogP contribution in [0.4, 0.5) is 0 Å². The van der Waals surface area contributed by atoms with E-state index in [1.807, 2.05) is 0 Å². The third kappa shape index (κ3) is 5.02. The molecule has 0 saturated carbocycles. The predicted molar refractivity (Wildman–Crippen MR) is 95.0 cm³/mol. The normalized spacial score (nSPS) is 17.4. The quantitative estimate of drug-likeness (QED) is 0.740. The number of aliphatic carboxylic acids is 1. The molecule has 2 rings (SSSR count). The molecular weight excluding hydrogens is 364 g/mol. The van der Waals surface area contributed by atoms with Crippen LogP contribution < -0.4 is 5.32 Å². The molecule has 2 N–H and O–H groups in total. The molecule has 25 heavy (non-hydrogen) atoms. The number of nitrogens with zero attached hydrogens (tertiary/aromatic N) is 1. The Bertz CT molecular complexity index is 721. The summed E-state index contributed by atoms with van der Waals surface area (Å²) in [5.41, 5.74) is 0. The van der Waals surface area contributed by atoms with Gasteiger partial charge in [-0.2, -0.15) is 4.31 Å². The van der Waals surface area contributed by atoms with Crippen LogP contribution >= 0.6 is 11.3 Å². The molecule has 7 nitrogen and oxygen atoms in total. The smallest absolute Gasteiger partial charge is 0.326 e. The number of rotatable bonds is 7. The molecule has 1 aromatic heterocycles. The average molecular weight is 389 g/mol. The summed E-state index contributed by atoms with van der Waals surface area (Å²) in [4.78, 5) is 23.8. The summed E-state index contributed by atoms with van der Waals surface area (Å²) in [5, 5.41) is 11.6. The highest BCUT2D eigenvalue weighted by Crippen LogP contribution is 2.27. The van der Waals surface area contributed by atoms with E-state index in [1.54, 1.807) is 19.9 Å². The fraction of sp³-hybridized carbons (Fsp3) is 0.625. The minimum absolute atomic E-state index is 0.0311. The van der Waals surface area contributed by atoms with Gasteiger partial charge in [0.2, 0.25) is 5.91 Å². The molecular formula is C16H24N2O5S2. The highest BCUT2D eigenvalue weighted by Gasteiger charge is 2.28. The first-order valence-corrected chi connectivity index (χ1v) is 10.6. The van der Waals surface area contributed by atoms with E-state index in [2.05, 4.69) is 5.32 Å². The minimum Gasteiger partial charge on any atom is -0.480 e. The number of thiophene rings is 1. The Hall–Kier alpha value is -1.45. The van der Waals surface area contributed by atoms with Gasteiger partial charge in [0.1, 0.15) is 10.3 Å². The third-order valence-corrected chi connectivity index (χ3v) is 7.58. The summed E-state index contributed by atoms with van der Waals surface area (Å²) in [6.45, 7) is 4.50. The van der Waals surface area contributed by atoms with E-state index in [9.17, 15) is 18.0 Å². The summed E-state index contributed by atoms with van der Waals surface area (Å²) in [5.74, 6) is -1.74. The lowest BCUT2D eigenvalue weighted by Crippen LogP contribution is -2.44. The molecule has 0 radical (unpaired) electrons. The Morgan fingerprint density at radius 2 is 1.88 bits per heavy atom. The van der Waals surface area contributed by atoms with Crippen LogP contribution in [0.3, 0.4) is 0 Å². The molecule has 1 aliphatic heterocycles. The van der Waals surface area contributed by atoms with Crippen LogP contribution in [0.15, 0.2) is 16.3 Å². The topological polar surface area (TPSA) is 104 Å². The molecule has 2 heterocycles. The summed E-state index contributed by atoms with van der Waals surface area (Å²) >= 11 is 1.07. The third-order valence-electron chi connectivity index (χ3n) is 4.13. The maximum Gasteiger partial charge on any atom is 0.326 e. The Labute approximate surface area is 152 Å². The number of nitrogens with one attached hydrogen (secondary N) is 1. The number of carbonyl (C=O) groups excluding carboxylic acids is 1. The van der Waals surface area contributed by atoms with Crippen LogP contribution in [-0.2, 0) is 26.0 Å². The first kappa shape index (κ1) is 19.9. The molecule has 1 aromatic rings. The van der Waals surface area contributed by atoms with Gasteiger partial charge in [-0.25, -0.2) is 13.2 Å². The summed E-state index contributed by atoms with van der Waals surface area (Å²) in [6.07, 6.45) is 2.75. The number of hydrogen-bond acceptors (Lipinski definition) is 5. The molecule has 1 atom stereocenters. The lowest BCUT2D eigenvalue weighted by Gasteiger charge is -2.25. The SMILES string of the molecule is CC(C)[C@@H](NC(=O)Cc1ccc(S(=O)(=O)N2CCCCC2)s1)C(=O)O. The van der Waals surface area contributed by atoms with Gasteiger partial charge >= 0.3 is 5.97 Å². The van der Waals surface area contributed by atoms with E-state index < -0.39 is 27.9 Å². The van der Waals surface area contributed by atoms with Crippen molar-refractivity contribution in [2.24, 2.45) is 5.92 Å². The van der Waals surface area contributed by atoms with Crippen LogP contribution in [0.5, 0.6) is 0 Å². The van der Waals surface area contributed by atoms with Crippen molar-refractivity contribution in [1.82, 2.24) is 9.62 Å². The van der Waals surface area contributed by atoms with E-state index in [-0.39, 0.29) is 16.5 Å². The van der Waals surface area contributed by atoms with E-state index in [0.29, 0.717) is 18.0 Å². The molecule has 9 heteroatoms. The molecule has 140 valence electrons. The number of amides is 1. The minimum atomic E-state index is -3.50. The Balaban J connectivity index is 2.03. The second kappa shape index (κ2) is 8.29. The van der Waals surface area contributed by atoms with Gasteiger partial charge in [0, 0.05) is 18.0 Å². The monoisotopic (exact) mass is 388 g/mol. The molecule has 0 spiro atoms. The molecule has 0 unspecified atom stereocenters. The molecule has 1 aliphatic rings. The first-order chi connectivity index (χ1) is 11.7. The largest absolute Gasteiger partial charge is 0.480 e. The Kier molecular flexibility index (Phi) is 6.59. The van der Waals surface area contributed by atoms with Crippen molar-refractivity contribution in [1.29, 1.82) is 0 Å². The number of carboxylic acids is 1. The fourth-order valence-electron chi connectivity index (χ4n) is 2.72. The lowest BCUT2D eigenvalue weighted by molar-refractivity contribution is -0.143. The molecule has 0 aliphatic carbocycles. The van der Waals surface area contributed by atoms with Gasteiger partial charge in [0.05, 0.1) is 6.42 Å². The molecule has 1 saturated heterocycles. The van der Waals surface area contributed by atoms with Crippen LogP contribution in [0.25, 0.3) is 0 Å². The van der Waals surface area contributed by atoms with E-state index in [1.165, 1.54) is 10.4 Å². The van der Waals surface area contributed by atoms with E-state index >= 15 is 0 Å². The molecule has 0 aromatic carbocycles. The van der Waals surface area contributed by atoms with Crippen LogP contribution in [0, 0.1) is 5.92 Å². The maximum atomic E-state index is 12.6. The number of sulfonamides is 1. The van der Waals surface area contributed by atoms with Gasteiger partial charge in [-0.3, -0.25) is 4.79 Å². The van der Waals surface area contributed by atoms with Gasteiger partial charge in [0.25, 0.3) is 10.0 Å². The second-order valence-corrected chi connectivity index (χ2v) is 9.82. The highest BCUT2D eigenvalue weighted by molar-refractivity contribution is 7.91. The van der Waals surface area contributed by atoms with Crippen molar-refractivity contribution in [2.75, 3.05) is 13.1 Å². The molecule has 1 amide bonds. The zero-order valence-electron chi connectivity index (χ0n) is 14.4. The number of piperidine rings is 1. The fourth-order valence-corrected chi connectivity index (χ4v) is 5.75. The highest BCUT2D eigenvalue weighted by atomic mass is 32.2. The van der Waals surface area contributed by atoms with Crippen molar-refractivity contribution in [3.05, 3.63) is 17.0 Å². The summed E-state index contributed by atoms with van der Waals surface area (Å²) in [6, 6.07) is 2.18. The lowest BCUT2D eigenvalue weighted by atomic mass is 10.0. The molecule has 0 bridgehead atoms. The van der Waals surface area contributed by atoms with Crippen molar-refractivity contribution in [3.63, 3.8) is 0 Å². The standard InChI is InChI=1S/C16H24N2O5S2/c1-11(2)15(16(20)21)17-13(19)10-12-6-7-14(24-12)25(22,23)18-8-4-3-5-9-18/h6-7,11,15H,3-5,8-10H2,1-2H3,(H,17,19)(H,20,21)/t15-/m1/s1. The first-order valence-electron chi connectivity index (χ1n) is 8.33. The van der Waals surface area contributed by atoms with Crippen molar-refractivity contribution in [2.45, 2.75) is 49.8 Å². The zero-order valence-corrected chi connectivity index (χ0v) is 16.0. The maximum absolute atomic E-state index is 12.6. The van der Waals surface area contributed by atoms with Crippen molar-refractivity contribution in [3.8, 4) is 0 Å². The molecule has 1 fully saturated rings. The van der Waals surface area contributed by atoms with Crippen molar-refractivity contribution >= 4 is 33.2 Å². The summed E-state index contributed by atoms with van der Waals surface area (Å²) < 4.78 is 26.9. The Morgan fingerprint density at radius 1 is 1.24 bits per heavy atom. The van der Waals surface area contributed by atoms with Crippen LogP contribution in [-0.4, -0.2) is 48.8 Å². The average Bonchev–Trinajstić information content (AvgIpc) is 3.02. The van der Waals surface area contributed by atoms with Gasteiger partial charge in [-0.15, -0.1) is 11.3 Å². The van der Waals surface area contributed by atoms with Gasteiger partial charge in [0.15, 0.2) is 0 Å². The Morgan fingerprint density at radius 3 is 2.44 bits per heavy atom. The number of hydrogen-bond donors (Lipinski definition) is 2. The van der Waals surface area contributed by atoms with Gasteiger partial charge in [-0.1, -0.05) is 20.3 Å². The number of carbonyl (C=O) groups is 2. The zero-order chi connectivity index (χ0) is 18.6. The van der Waals surface area contributed by atoms with Crippen LogP contribution in [0.2, 0.25) is 0 Å². The van der Waals surface area contributed by atoms with E-state index in [4.69, 9.17) is 5.11 Å².